The summed E-state index contributed by atoms with van der Waals surface area (Å²) in [7, 11) is 0. The summed E-state index contributed by atoms with van der Waals surface area (Å²) in [6, 6.07) is 5.65. The Morgan fingerprint density at radius 3 is 1.83 bits per heavy atom. The van der Waals surface area contributed by atoms with Crippen molar-refractivity contribution in [3.05, 3.63) is 69.2 Å². The Hall–Kier alpha value is -2.56. The molecule has 2 aromatic carbocycles. The summed E-state index contributed by atoms with van der Waals surface area (Å²) >= 11 is 3.21. The Kier molecular flexibility index (Phi) is 6.61. The van der Waals surface area contributed by atoms with Crippen LogP contribution in [-0.4, -0.2) is 17.9 Å². The molecule has 0 heterocycles. The Morgan fingerprint density at radius 2 is 1.41 bits per heavy atom. The smallest absolute Gasteiger partial charge is 0.368 e. The fourth-order valence-electron chi connectivity index (χ4n) is 2.41. The molecule has 0 radical (unpaired) electrons. The minimum absolute atomic E-state index is 0.0931. The van der Waals surface area contributed by atoms with Crippen LogP contribution in [0.2, 0.25) is 0 Å². The van der Waals surface area contributed by atoms with E-state index < -0.39 is 46.9 Å². The number of amides is 2. The topological polar surface area (TPSA) is 72.2 Å². The molecule has 11 heteroatoms. The maximum absolute atomic E-state index is 12.9. The summed E-state index contributed by atoms with van der Waals surface area (Å²) in [5.41, 5.74) is 1.61. The second-order valence-corrected chi connectivity index (χ2v) is 6.97. The van der Waals surface area contributed by atoms with Gasteiger partial charge < -0.3 is 11.1 Å². The Labute approximate surface area is 169 Å². The van der Waals surface area contributed by atoms with Gasteiger partial charge in [-0.15, -0.1) is 0 Å². The second-order valence-electron chi connectivity index (χ2n) is 6.05. The van der Waals surface area contributed by atoms with Gasteiger partial charge >= 0.3 is 12.4 Å². The first-order chi connectivity index (χ1) is 13.3. The van der Waals surface area contributed by atoms with Crippen LogP contribution in [0.1, 0.15) is 27.0 Å². The van der Waals surface area contributed by atoms with Gasteiger partial charge in [0.05, 0.1) is 11.1 Å². The normalized spacial score (nSPS) is 13.1. The van der Waals surface area contributed by atoms with Gasteiger partial charge in [-0.05, 0) is 35.9 Å². The van der Waals surface area contributed by atoms with Crippen molar-refractivity contribution in [3.8, 4) is 0 Å². The molecule has 0 bridgehead atoms. The van der Waals surface area contributed by atoms with Gasteiger partial charge in [0.2, 0.25) is 5.91 Å². The lowest BCUT2D eigenvalue weighted by atomic mass is 10.0. The van der Waals surface area contributed by atoms with Crippen LogP contribution < -0.4 is 11.1 Å². The van der Waals surface area contributed by atoms with Gasteiger partial charge in [-0.3, -0.25) is 9.59 Å². The van der Waals surface area contributed by atoms with Crippen molar-refractivity contribution in [2.75, 3.05) is 0 Å². The van der Waals surface area contributed by atoms with E-state index in [2.05, 4.69) is 21.2 Å². The SMILES string of the molecule is NC(=O)[C@@H](Cc1ccc(Br)cc1)NC(=O)c1cc(C(F)(F)F)cc(C(F)(F)F)c1. The fourth-order valence-corrected chi connectivity index (χ4v) is 2.67. The van der Waals surface area contributed by atoms with Crippen molar-refractivity contribution >= 4 is 27.7 Å². The molecule has 3 N–H and O–H groups in total. The van der Waals surface area contributed by atoms with Crippen LogP contribution in [0, 0.1) is 0 Å². The van der Waals surface area contributed by atoms with Gasteiger partial charge in [-0.25, -0.2) is 0 Å². The van der Waals surface area contributed by atoms with Gasteiger partial charge in [-0.2, -0.15) is 26.3 Å². The molecule has 2 aromatic rings. The van der Waals surface area contributed by atoms with Crippen molar-refractivity contribution in [1.82, 2.24) is 5.32 Å². The van der Waals surface area contributed by atoms with Crippen LogP contribution in [0.4, 0.5) is 26.3 Å². The summed E-state index contributed by atoms with van der Waals surface area (Å²) in [6.07, 6.45) is -10.3. The molecule has 0 saturated heterocycles. The van der Waals surface area contributed by atoms with E-state index in [1.807, 2.05) is 0 Å². The highest BCUT2D eigenvalue weighted by Crippen LogP contribution is 2.36. The molecule has 2 rings (SSSR count). The van der Waals surface area contributed by atoms with Crippen molar-refractivity contribution in [1.29, 1.82) is 0 Å². The van der Waals surface area contributed by atoms with Crippen LogP contribution in [-0.2, 0) is 23.6 Å². The first-order valence-electron chi connectivity index (χ1n) is 7.91. The number of alkyl halides is 6. The van der Waals surface area contributed by atoms with E-state index in [-0.39, 0.29) is 24.6 Å². The van der Waals surface area contributed by atoms with Gasteiger partial charge in [0.25, 0.3) is 5.91 Å². The molecule has 0 saturated carbocycles. The molecule has 4 nitrogen and oxygen atoms in total. The quantitative estimate of drug-likeness (QED) is 0.623. The number of halogens is 7. The van der Waals surface area contributed by atoms with Gasteiger partial charge in [0.15, 0.2) is 0 Å². The number of primary amides is 1. The van der Waals surface area contributed by atoms with Crippen LogP contribution in [0.3, 0.4) is 0 Å². The minimum atomic E-state index is -5.10. The monoisotopic (exact) mass is 482 g/mol. The predicted octanol–water partition coefficient (Wildman–Crippen LogP) is 4.31. The Bertz CT molecular complexity index is 878. The van der Waals surface area contributed by atoms with Crippen molar-refractivity contribution < 1.29 is 35.9 Å². The van der Waals surface area contributed by atoms with Gasteiger partial charge in [-0.1, -0.05) is 28.1 Å². The molecule has 0 aromatic heterocycles. The van der Waals surface area contributed by atoms with E-state index in [0.29, 0.717) is 5.56 Å². The number of rotatable bonds is 5. The number of nitrogens with one attached hydrogen (secondary N) is 1. The highest BCUT2D eigenvalue weighted by molar-refractivity contribution is 9.10. The third-order valence-corrected chi connectivity index (χ3v) is 4.38. The zero-order valence-electron chi connectivity index (χ0n) is 14.4. The standard InChI is InChI=1S/C18H13BrF6N2O2/c19-13-3-1-9(2-4-13)5-14(15(26)28)27-16(29)10-6-11(17(20,21)22)8-12(7-10)18(23,24)25/h1-4,6-8,14H,5H2,(H2,26,28)(H,27,29)/t14-/m1/s1. The maximum Gasteiger partial charge on any atom is 0.416 e. The first kappa shape index (κ1) is 22.7. The summed E-state index contributed by atoms with van der Waals surface area (Å²) < 4.78 is 78.3. The molecule has 29 heavy (non-hydrogen) atoms. The Morgan fingerprint density at radius 1 is 0.931 bits per heavy atom. The lowest BCUT2D eigenvalue weighted by Crippen LogP contribution is -2.46. The zero-order chi connectivity index (χ0) is 22.0. The van der Waals surface area contributed by atoms with E-state index >= 15 is 0 Å². The summed E-state index contributed by atoms with van der Waals surface area (Å²) in [4.78, 5) is 23.9. The second kappa shape index (κ2) is 8.44. The van der Waals surface area contributed by atoms with E-state index in [9.17, 15) is 35.9 Å². The van der Waals surface area contributed by atoms with E-state index in [1.54, 1.807) is 24.3 Å². The molecule has 0 aliphatic carbocycles. The summed E-state index contributed by atoms with van der Waals surface area (Å²) in [5, 5.41) is 2.09. The van der Waals surface area contributed by atoms with Crippen molar-refractivity contribution in [3.63, 3.8) is 0 Å². The molecule has 0 fully saturated rings. The van der Waals surface area contributed by atoms with Crippen molar-refractivity contribution in [2.45, 2.75) is 24.8 Å². The average Bonchev–Trinajstić information content (AvgIpc) is 2.61. The summed E-state index contributed by atoms with van der Waals surface area (Å²) in [6.45, 7) is 0. The number of carbonyl (C=O) groups is 2. The average molecular weight is 483 g/mol. The van der Waals surface area contributed by atoms with Crippen molar-refractivity contribution in [2.24, 2.45) is 5.73 Å². The Balaban J connectivity index is 2.33. The maximum atomic E-state index is 12.9. The highest BCUT2D eigenvalue weighted by Gasteiger charge is 2.37. The third kappa shape index (κ3) is 6.21. The van der Waals surface area contributed by atoms with Crippen LogP contribution in [0.15, 0.2) is 46.9 Å². The number of nitrogens with two attached hydrogens (primary N) is 1. The predicted molar refractivity (Wildman–Crippen MR) is 94.7 cm³/mol. The molecule has 0 unspecified atom stereocenters. The molecule has 2 amide bonds. The highest BCUT2D eigenvalue weighted by atomic mass is 79.9. The fraction of sp³-hybridized carbons (Fsp3) is 0.222. The van der Waals surface area contributed by atoms with E-state index in [0.717, 1.165) is 4.47 Å². The van der Waals surface area contributed by atoms with Crippen LogP contribution >= 0.6 is 15.9 Å². The molecular weight excluding hydrogens is 470 g/mol. The molecule has 0 aliphatic rings. The molecule has 0 spiro atoms. The van der Waals surface area contributed by atoms with Crippen LogP contribution in [0.5, 0.6) is 0 Å². The lowest BCUT2D eigenvalue weighted by Gasteiger charge is -2.18. The molecule has 0 aliphatic heterocycles. The summed E-state index contributed by atoms with van der Waals surface area (Å²) in [5.74, 6) is -2.29. The molecular formula is C18H13BrF6N2O2. The lowest BCUT2D eigenvalue weighted by molar-refractivity contribution is -0.143. The number of hydrogen-bond acceptors (Lipinski definition) is 2. The first-order valence-corrected chi connectivity index (χ1v) is 8.71. The van der Waals surface area contributed by atoms with Crippen LogP contribution in [0.25, 0.3) is 0 Å². The number of hydrogen-bond donors (Lipinski definition) is 2. The zero-order valence-corrected chi connectivity index (χ0v) is 16.0. The minimum Gasteiger partial charge on any atom is -0.368 e. The molecule has 156 valence electrons. The van der Waals surface area contributed by atoms with Gasteiger partial charge in [0, 0.05) is 16.5 Å². The third-order valence-electron chi connectivity index (χ3n) is 3.85. The van der Waals surface area contributed by atoms with Gasteiger partial charge in [0.1, 0.15) is 6.04 Å². The molecule has 1 atom stereocenters. The largest absolute Gasteiger partial charge is 0.416 e. The number of benzene rings is 2. The van der Waals surface area contributed by atoms with E-state index in [1.165, 1.54) is 0 Å². The number of carbonyl (C=O) groups excluding carboxylic acids is 2. The van der Waals surface area contributed by atoms with E-state index in [4.69, 9.17) is 5.73 Å².